The minimum Gasteiger partial charge on any atom is -0.316 e. The molecule has 0 aliphatic heterocycles. The van der Waals surface area contributed by atoms with Gasteiger partial charge in [0.25, 0.3) is 0 Å². The third-order valence-corrected chi connectivity index (χ3v) is 1.14. The predicted octanol–water partition coefficient (Wildman–Crippen LogP) is 0.954. The first-order chi connectivity index (χ1) is 5.45. The van der Waals surface area contributed by atoms with Crippen molar-refractivity contribution in [3.8, 4) is 6.07 Å². The number of rotatable bonds is 2. The molecular formula is C9H18BN2O. The second-order valence-electron chi connectivity index (χ2n) is 3.28. The highest BCUT2D eigenvalue weighted by Crippen LogP contribution is 1.93. The minimum atomic E-state index is -0.292. The van der Waals surface area contributed by atoms with Gasteiger partial charge in [-0.1, -0.05) is 27.7 Å². The molecule has 0 aliphatic carbocycles. The minimum absolute atomic E-state index is 0. The molecule has 0 amide bonds. The van der Waals surface area contributed by atoms with Gasteiger partial charge < -0.3 is 10.5 Å². The number of nitrogens with two attached hydrogens (primary N) is 1. The van der Waals surface area contributed by atoms with Crippen molar-refractivity contribution in [2.24, 2.45) is 17.6 Å². The zero-order valence-electron chi connectivity index (χ0n) is 8.82. The summed E-state index contributed by atoms with van der Waals surface area (Å²) in [6, 6.07) is 1.65. The summed E-state index contributed by atoms with van der Waals surface area (Å²) in [6.45, 7) is 7.56. The Morgan fingerprint density at radius 1 is 1.31 bits per heavy atom. The molecule has 0 aromatic heterocycles. The second-order valence-corrected chi connectivity index (χ2v) is 3.28. The van der Waals surface area contributed by atoms with E-state index in [0.29, 0.717) is 0 Å². The first-order valence-corrected chi connectivity index (χ1v) is 4.06. The van der Waals surface area contributed by atoms with Gasteiger partial charge in [0.2, 0.25) is 0 Å². The Morgan fingerprint density at radius 3 is 1.62 bits per heavy atom. The smallest absolute Gasteiger partial charge is 0.122 e. The molecule has 0 aliphatic rings. The zero-order chi connectivity index (χ0) is 10.1. The molecule has 0 spiro atoms. The first-order valence-electron chi connectivity index (χ1n) is 4.06. The van der Waals surface area contributed by atoms with Gasteiger partial charge in [0.05, 0.1) is 12.1 Å². The van der Waals surface area contributed by atoms with Gasteiger partial charge in [0, 0.05) is 14.3 Å². The lowest BCUT2D eigenvalue weighted by Crippen LogP contribution is -2.23. The van der Waals surface area contributed by atoms with Gasteiger partial charge in [-0.3, -0.25) is 0 Å². The standard InChI is InChI=1S/C5H10N2.C4H8O.B/c1-4(2)5(7)3-6;1-4(2)3-5;/h4-5H,7H2,1-2H3;3-4H,1-2H3;. The van der Waals surface area contributed by atoms with Crippen molar-refractivity contribution < 1.29 is 4.79 Å². The lowest BCUT2D eigenvalue weighted by molar-refractivity contribution is -0.110. The van der Waals surface area contributed by atoms with Crippen LogP contribution in [0.2, 0.25) is 0 Å². The first kappa shape index (κ1) is 18.1. The van der Waals surface area contributed by atoms with Crippen molar-refractivity contribution in [3.05, 3.63) is 0 Å². The average Bonchev–Trinajstić information content (AvgIpc) is 2.04. The Morgan fingerprint density at radius 2 is 1.62 bits per heavy atom. The van der Waals surface area contributed by atoms with E-state index in [2.05, 4.69) is 0 Å². The molecule has 73 valence electrons. The Labute approximate surface area is 82.9 Å². The van der Waals surface area contributed by atoms with Gasteiger partial charge in [0.15, 0.2) is 0 Å². The Balaban J connectivity index is -0.000000150. The molecule has 0 aromatic rings. The summed E-state index contributed by atoms with van der Waals surface area (Å²) in [6.07, 6.45) is 0.917. The maximum atomic E-state index is 9.50. The monoisotopic (exact) mass is 181 g/mol. The maximum absolute atomic E-state index is 9.50. The second kappa shape index (κ2) is 11.2. The third-order valence-electron chi connectivity index (χ3n) is 1.14. The summed E-state index contributed by atoms with van der Waals surface area (Å²) < 4.78 is 0. The lowest BCUT2D eigenvalue weighted by Gasteiger charge is -2.02. The van der Waals surface area contributed by atoms with E-state index >= 15 is 0 Å². The summed E-state index contributed by atoms with van der Waals surface area (Å²) in [5, 5.41) is 8.13. The number of carbonyl (C=O) groups excluding carboxylic acids is 1. The van der Waals surface area contributed by atoms with Gasteiger partial charge in [-0.2, -0.15) is 5.26 Å². The summed E-state index contributed by atoms with van der Waals surface area (Å²) in [5.74, 6) is 0.486. The van der Waals surface area contributed by atoms with Crippen LogP contribution in [0.1, 0.15) is 27.7 Å². The highest BCUT2D eigenvalue weighted by molar-refractivity contribution is 5.75. The van der Waals surface area contributed by atoms with Gasteiger partial charge in [-0.05, 0) is 5.92 Å². The van der Waals surface area contributed by atoms with Crippen LogP contribution >= 0.6 is 0 Å². The van der Waals surface area contributed by atoms with E-state index in [9.17, 15) is 4.79 Å². The molecule has 0 rings (SSSR count). The molecular weight excluding hydrogens is 163 g/mol. The van der Waals surface area contributed by atoms with Crippen LogP contribution in [-0.2, 0) is 4.79 Å². The van der Waals surface area contributed by atoms with Crippen LogP contribution in [0.15, 0.2) is 0 Å². The molecule has 0 heterocycles. The van der Waals surface area contributed by atoms with Crippen molar-refractivity contribution in [2.75, 3.05) is 0 Å². The van der Waals surface area contributed by atoms with Gasteiger partial charge in [-0.15, -0.1) is 0 Å². The number of carbonyl (C=O) groups is 1. The normalized spacial score (nSPS) is 10.6. The molecule has 0 aromatic carbocycles. The summed E-state index contributed by atoms with van der Waals surface area (Å²) >= 11 is 0. The molecule has 0 saturated carbocycles. The maximum Gasteiger partial charge on any atom is 0.122 e. The molecule has 0 fully saturated rings. The number of aldehydes is 1. The lowest BCUT2D eigenvalue weighted by atomic mass is 10.1. The van der Waals surface area contributed by atoms with E-state index in [1.54, 1.807) is 0 Å². The van der Waals surface area contributed by atoms with Gasteiger partial charge >= 0.3 is 0 Å². The predicted molar refractivity (Wildman–Crippen MR) is 55.1 cm³/mol. The molecule has 3 radical (unpaired) electrons. The van der Waals surface area contributed by atoms with Crippen molar-refractivity contribution in [1.29, 1.82) is 5.26 Å². The Hall–Kier alpha value is -0.815. The molecule has 3 nitrogen and oxygen atoms in total. The quantitative estimate of drug-likeness (QED) is 0.509. The molecule has 0 saturated heterocycles. The molecule has 13 heavy (non-hydrogen) atoms. The van der Waals surface area contributed by atoms with Crippen molar-refractivity contribution in [1.82, 2.24) is 0 Å². The van der Waals surface area contributed by atoms with E-state index in [1.165, 1.54) is 0 Å². The van der Waals surface area contributed by atoms with Crippen molar-refractivity contribution >= 4 is 14.7 Å². The summed E-state index contributed by atoms with van der Waals surface area (Å²) in [7, 11) is 0. The summed E-state index contributed by atoms with van der Waals surface area (Å²) in [5.41, 5.74) is 5.25. The fourth-order valence-corrected chi connectivity index (χ4v) is 0.149. The number of hydrogen-bond acceptors (Lipinski definition) is 3. The SMILES string of the molecule is CC(C)C(N)C#N.CC(C)C=O.[B]. The van der Waals surface area contributed by atoms with Crippen LogP contribution in [0.3, 0.4) is 0 Å². The van der Waals surface area contributed by atoms with Crippen molar-refractivity contribution in [2.45, 2.75) is 33.7 Å². The van der Waals surface area contributed by atoms with Crippen LogP contribution < -0.4 is 5.73 Å². The molecule has 1 atom stereocenters. The van der Waals surface area contributed by atoms with Crippen LogP contribution in [0, 0.1) is 23.2 Å². The number of nitriles is 1. The molecule has 0 bridgehead atoms. The van der Waals surface area contributed by atoms with E-state index in [4.69, 9.17) is 11.0 Å². The van der Waals surface area contributed by atoms with E-state index in [-0.39, 0.29) is 26.3 Å². The number of hydrogen-bond donors (Lipinski definition) is 1. The highest BCUT2D eigenvalue weighted by atomic mass is 16.1. The fraction of sp³-hybridized carbons (Fsp3) is 0.778. The van der Waals surface area contributed by atoms with E-state index in [0.717, 1.165) is 6.29 Å². The highest BCUT2D eigenvalue weighted by Gasteiger charge is 2.02. The summed E-state index contributed by atoms with van der Waals surface area (Å²) in [4.78, 5) is 9.50. The largest absolute Gasteiger partial charge is 0.316 e. The van der Waals surface area contributed by atoms with Crippen LogP contribution in [-0.4, -0.2) is 20.7 Å². The Kier molecular flexibility index (Phi) is 15.5. The van der Waals surface area contributed by atoms with Crippen molar-refractivity contribution in [3.63, 3.8) is 0 Å². The fourth-order valence-electron chi connectivity index (χ4n) is 0.149. The van der Waals surface area contributed by atoms with Crippen LogP contribution in [0.5, 0.6) is 0 Å². The molecule has 1 unspecified atom stereocenters. The van der Waals surface area contributed by atoms with E-state index in [1.807, 2.05) is 33.8 Å². The molecule has 2 N–H and O–H groups in total. The zero-order valence-corrected chi connectivity index (χ0v) is 8.82. The van der Waals surface area contributed by atoms with E-state index < -0.39 is 0 Å². The Bertz CT molecular complexity index is 152. The van der Waals surface area contributed by atoms with Gasteiger partial charge in [-0.25, -0.2) is 0 Å². The van der Waals surface area contributed by atoms with Gasteiger partial charge in [0.1, 0.15) is 6.29 Å². The topological polar surface area (TPSA) is 66.9 Å². The molecule has 4 heteroatoms. The third kappa shape index (κ3) is 18.3. The van der Waals surface area contributed by atoms with Crippen LogP contribution in [0.25, 0.3) is 0 Å². The van der Waals surface area contributed by atoms with Crippen LogP contribution in [0.4, 0.5) is 0 Å². The average molecular weight is 181 g/mol. The number of nitrogens with zero attached hydrogens (tertiary/aromatic N) is 1.